The van der Waals surface area contributed by atoms with Gasteiger partial charge in [0.15, 0.2) is 6.21 Å². The summed E-state index contributed by atoms with van der Waals surface area (Å²) in [5, 5.41) is 6.48. The number of hydrogen-bond acceptors (Lipinski definition) is 1. The van der Waals surface area contributed by atoms with E-state index in [4.69, 9.17) is 0 Å². The number of nitrogens with one attached hydrogen (secondary N) is 1. The van der Waals surface area contributed by atoms with E-state index in [2.05, 4.69) is 10.2 Å². The lowest BCUT2D eigenvalue weighted by Crippen LogP contribution is -2.62. The Morgan fingerprint density at radius 1 is 1.50 bits per heavy atom. The van der Waals surface area contributed by atoms with E-state index in [1.54, 1.807) is 0 Å². The van der Waals surface area contributed by atoms with Crippen molar-refractivity contribution in [1.82, 2.24) is 0 Å². The molecule has 0 aliphatic carbocycles. The van der Waals surface area contributed by atoms with Crippen LogP contribution in [-0.4, -0.2) is 12.4 Å². The van der Waals surface area contributed by atoms with Crippen molar-refractivity contribution in [1.29, 1.82) is 0 Å². The molecule has 0 aromatic rings. The largest absolute Gasteiger partial charge is 0.170 e. The highest BCUT2D eigenvalue weighted by Gasteiger charge is 1.86. The normalized spacial score (nSPS) is 18.7. The van der Waals surface area contributed by atoms with Crippen molar-refractivity contribution in [3.63, 3.8) is 0 Å². The molecule has 6 heavy (non-hydrogen) atoms. The van der Waals surface area contributed by atoms with Crippen LogP contribution in [0.25, 0.3) is 0 Å². The first-order valence-electron chi connectivity index (χ1n) is 2.09. The molecule has 0 radical (unpaired) electrons. The lowest BCUT2D eigenvalue weighted by atomic mass is 10.3. The highest BCUT2D eigenvalue weighted by Crippen LogP contribution is 1.75. The Morgan fingerprint density at radius 3 is 2.67 bits per heavy atom. The molecule has 1 rings (SSSR count). The van der Waals surface area contributed by atoms with Gasteiger partial charge in [0.1, 0.15) is 0 Å². The maximum atomic E-state index is 3.75. The maximum Gasteiger partial charge on any atom is 0.170 e. The third-order valence-electron chi connectivity index (χ3n) is 0.697. The molecule has 1 heterocycles. The van der Waals surface area contributed by atoms with Crippen molar-refractivity contribution in [2.75, 3.05) is 0 Å². The highest BCUT2D eigenvalue weighted by molar-refractivity contribution is 5.64. The van der Waals surface area contributed by atoms with E-state index in [9.17, 15) is 0 Å². The lowest BCUT2D eigenvalue weighted by Gasteiger charge is -1.80. The summed E-state index contributed by atoms with van der Waals surface area (Å²) in [6, 6.07) is 0. The zero-order valence-electron chi connectivity index (χ0n) is 3.52. The fraction of sp³-hybridized carbons (Fsp3) is 0.500. The van der Waals surface area contributed by atoms with E-state index >= 15 is 0 Å². The van der Waals surface area contributed by atoms with Crippen LogP contribution in [0, 0.1) is 0 Å². The molecule has 1 aliphatic heterocycles. The Morgan fingerprint density at radius 2 is 2.50 bits per heavy atom. The van der Waals surface area contributed by atoms with Crippen molar-refractivity contribution in [2.45, 2.75) is 12.8 Å². The summed E-state index contributed by atoms with van der Waals surface area (Å²) >= 11 is 0. The summed E-state index contributed by atoms with van der Waals surface area (Å²) in [5.74, 6) is 0. The van der Waals surface area contributed by atoms with Gasteiger partial charge in [-0.3, -0.25) is 0 Å². The molecule has 0 saturated carbocycles. The topological polar surface area (TPSA) is 26.3 Å². The van der Waals surface area contributed by atoms with E-state index in [1.807, 2.05) is 12.4 Å². The molecule has 0 amide bonds. The Balaban J connectivity index is 2.46. The molecule has 0 aromatic heterocycles. The van der Waals surface area contributed by atoms with Gasteiger partial charge in [-0.1, -0.05) is 0 Å². The minimum absolute atomic E-state index is 1.09. The summed E-state index contributed by atoms with van der Waals surface area (Å²) in [7, 11) is 0. The molecule has 1 N–H and O–H groups in total. The minimum atomic E-state index is 1.09. The molecule has 0 saturated heterocycles. The Bertz CT molecular complexity index is 71.5. The lowest BCUT2D eigenvalue weighted by molar-refractivity contribution is -0.459. The summed E-state index contributed by atoms with van der Waals surface area (Å²) in [6.07, 6.45) is 6.02. The van der Waals surface area contributed by atoms with Crippen LogP contribution in [0.2, 0.25) is 0 Å². The molecule has 0 unspecified atom stereocenters. The Hall–Kier alpha value is -0.660. The SMILES string of the molecule is C1=N[NH+]=CCC1. The minimum Gasteiger partial charge on any atom is -0.111 e. The zero-order chi connectivity index (χ0) is 4.24. The average Bonchev–Trinajstić information content (AvgIpc) is 1.72. The Labute approximate surface area is 36.6 Å². The van der Waals surface area contributed by atoms with E-state index in [1.165, 1.54) is 0 Å². The first kappa shape index (κ1) is 3.53. The van der Waals surface area contributed by atoms with Gasteiger partial charge in [-0.2, -0.15) is 0 Å². The summed E-state index contributed by atoms with van der Waals surface area (Å²) in [5.41, 5.74) is 0. The molecule has 32 valence electrons. The third kappa shape index (κ3) is 0.641. The van der Waals surface area contributed by atoms with Gasteiger partial charge in [0, 0.05) is 6.42 Å². The predicted molar refractivity (Wildman–Crippen MR) is 24.8 cm³/mol. The third-order valence-corrected chi connectivity index (χ3v) is 0.697. The van der Waals surface area contributed by atoms with Crippen LogP contribution in [-0.2, 0) is 0 Å². The van der Waals surface area contributed by atoms with Gasteiger partial charge in [-0.05, 0) is 11.5 Å². The molecule has 0 bridgehead atoms. The van der Waals surface area contributed by atoms with Crippen molar-refractivity contribution >= 4 is 12.4 Å². The second kappa shape index (κ2) is 1.70. The van der Waals surface area contributed by atoms with Gasteiger partial charge >= 0.3 is 0 Å². The average molecular weight is 83.1 g/mol. The van der Waals surface area contributed by atoms with Gasteiger partial charge in [-0.25, -0.2) is 0 Å². The highest BCUT2D eigenvalue weighted by atomic mass is 15.2. The van der Waals surface area contributed by atoms with E-state index in [-0.39, 0.29) is 0 Å². The van der Waals surface area contributed by atoms with Gasteiger partial charge in [-0.15, -0.1) is 5.10 Å². The fourth-order valence-electron chi connectivity index (χ4n) is 0.392. The van der Waals surface area contributed by atoms with Crippen LogP contribution < -0.4 is 5.10 Å². The maximum absolute atomic E-state index is 3.75. The second-order valence-corrected chi connectivity index (χ2v) is 1.22. The quantitative estimate of drug-likeness (QED) is 0.385. The first-order valence-corrected chi connectivity index (χ1v) is 2.09. The fourth-order valence-corrected chi connectivity index (χ4v) is 0.392. The smallest absolute Gasteiger partial charge is 0.111 e. The standard InChI is InChI=1S/C4H6N2/c1-2-4-6-5-3-1/h3-4H,1-2H2/p+1. The monoisotopic (exact) mass is 83.1 g/mol. The van der Waals surface area contributed by atoms with E-state index in [0.717, 1.165) is 12.8 Å². The molecule has 2 heteroatoms. The van der Waals surface area contributed by atoms with Crippen molar-refractivity contribution in [2.24, 2.45) is 5.10 Å². The Kier molecular flexibility index (Phi) is 0.998. The van der Waals surface area contributed by atoms with Gasteiger partial charge < -0.3 is 0 Å². The molecular weight excluding hydrogens is 76.1 g/mol. The molecular formula is C4H7N2+. The first-order chi connectivity index (χ1) is 3.00. The van der Waals surface area contributed by atoms with Gasteiger partial charge in [0.25, 0.3) is 0 Å². The summed E-state index contributed by atoms with van der Waals surface area (Å²) in [6.45, 7) is 0. The number of nitrogens with zero attached hydrogens (tertiary/aromatic N) is 1. The summed E-state index contributed by atoms with van der Waals surface area (Å²) in [4.78, 5) is 0. The number of rotatable bonds is 0. The van der Waals surface area contributed by atoms with Crippen LogP contribution in [0.15, 0.2) is 5.10 Å². The van der Waals surface area contributed by atoms with E-state index in [0.29, 0.717) is 0 Å². The molecule has 0 atom stereocenters. The van der Waals surface area contributed by atoms with Crippen LogP contribution >= 0.6 is 0 Å². The predicted octanol–water partition coefficient (Wildman–Crippen LogP) is -1.08. The van der Waals surface area contributed by atoms with Crippen molar-refractivity contribution < 1.29 is 5.10 Å². The van der Waals surface area contributed by atoms with Crippen molar-refractivity contribution in [3.05, 3.63) is 0 Å². The molecule has 2 nitrogen and oxygen atoms in total. The van der Waals surface area contributed by atoms with Gasteiger partial charge in [0.2, 0.25) is 0 Å². The molecule has 0 aromatic carbocycles. The number of hydrazone groups is 1. The van der Waals surface area contributed by atoms with Crippen LogP contribution in [0.5, 0.6) is 0 Å². The van der Waals surface area contributed by atoms with Crippen molar-refractivity contribution in [3.8, 4) is 0 Å². The summed E-state index contributed by atoms with van der Waals surface area (Å²) < 4.78 is 0. The molecule has 1 aliphatic rings. The number of hydrogen-bond donors (Lipinski definition) is 1. The van der Waals surface area contributed by atoms with Gasteiger partial charge in [0.05, 0.1) is 6.21 Å². The second-order valence-electron chi connectivity index (χ2n) is 1.22. The van der Waals surface area contributed by atoms with E-state index < -0.39 is 0 Å². The van der Waals surface area contributed by atoms with Crippen LogP contribution in [0.3, 0.4) is 0 Å². The molecule has 0 spiro atoms. The molecule has 0 fully saturated rings. The zero-order valence-corrected chi connectivity index (χ0v) is 3.52. The van der Waals surface area contributed by atoms with Crippen LogP contribution in [0.1, 0.15) is 12.8 Å². The van der Waals surface area contributed by atoms with Crippen LogP contribution in [0.4, 0.5) is 0 Å².